The van der Waals surface area contributed by atoms with E-state index in [1.54, 1.807) is 19.9 Å². The Morgan fingerprint density at radius 3 is 2.43 bits per heavy atom. The highest BCUT2D eigenvalue weighted by Crippen LogP contribution is 2.60. The van der Waals surface area contributed by atoms with Crippen molar-refractivity contribution in [2.45, 2.75) is 19.7 Å². The molecule has 1 unspecified atom stereocenters. The van der Waals surface area contributed by atoms with Crippen LogP contribution in [0.25, 0.3) is 0 Å². The first-order valence-corrected chi connectivity index (χ1v) is 8.01. The lowest BCUT2D eigenvalue weighted by atomic mass is 10.2. The summed E-state index contributed by atoms with van der Waals surface area (Å²) >= 11 is 0. The summed E-state index contributed by atoms with van der Waals surface area (Å²) in [6.07, 6.45) is 0. The van der Waals surface area contributed by atoms with Crippen molar-refractivity contribution < 1.29 is 38.3 Å². The van der Waals surface area contributed by atoms with E-state index in [2.05, 4.69) is 9.78 Å². The third kappa shape index (κ3) is 3.74. The van der Waals surface area contributed by atoms with Crippen molar-refractivity contribution >= 4 is 7.60 Å². The zero-order valence-electron chi connectivity index (χ0n) is 11.7. The van der Waals surface area contributed by atoms with Gasteiger partial charge in [0.1, 0.15) is 0 Å². The number of benzene rings is 1. The molecule has 8 nitrogen and oxygen atoms in total. The Bertz CT molecular complexity index is 508. The predicted molar refractivity (Wildman–Crippen MR) is 70.6 cm³/mol. The summed E-state index contributed by atoms with van der Waals surface area (Å²) in [5, 5.41) is 10.3. The van der Waals surface area contributed by atoms with Crippen molar-refractivity contribution in [2.75, 3.05) is 20.0 Å². The summed E-state index contributed by atoms with van der Waals surface area (Å²) in [4.78, 5) is 9.29. The molecule has 9 heteroatoms. The number of fused-ring (bicyclic) bond motifs is 1. The molecule has 2 rings (SSSR count). The molecule has 0 saturated carbocycles. The summed E-state index contributed by atoms with van der Waals surface area (Å²) < 4.78 is 32.3. The standard InChI is InChI=1S/C12H17O8P/c1-3-17-19-21(14,20-18-4-2)12(13)9-5-6-10-11(7-9)16-8-15-10/h5-7,12-13H,3-4,8H2,1-2H3. The summed E-state index contributed by atoms with van der Waals surface area (Å²) in [6.45, 7) is 3.63. The first-order chi connectivity index (χ1) is 10.1. The molecular weight excluding hydrogens is 303 g/mol. The Hall–Kier alpha value is -1.15. The summed E-state index contributed by atoms with van der Waals surface area (Å²) in [7, 11) is -4.08. The van der Waals surface area contributed by atoms with Gasteiger partial charge in [-0.2, -0.15) is 0 Å². The van der Waals surface area contributed by atoms with Crippen LogP contribution in [0.5, 0.6) is 11.5 Å². The molecule has 1 aliphatic heterocycles. The van der Waals surface area contributed by atoms with E-state index in [9.17, 15) is 9.67 Å². The predicted octanol–water partition coefficient (Wildman–Crippen LogP) is 2.54. The van der Waals surface area contributed by atoms with E-state index in [0.29, 0.717) is 11.5 Å². The van der Waals surface area contributed by atoms with E-state index >= 15 is 0 Å². The highest BCUT2D eigenvalue weighted by molar-refractivity contribution is 7.53. The van der Waals surface area contributed by atoms with Crippen molar-refractivity contribution in [1.29, 1.82) is 0 Å². The summed E-state index contributed by atoms with van der Waals surface area (Å²) in [6, 6.07) is 4.60. The Balaban J connectivity index is 2.20. The quantitative estimate of drug-likeness (QED) is 0.444. The maximum Gasteiger partial charge on any atom is 0.416 e. The molecule has 1 N–H and O–H groups in total. The minimum absolute atomic E-state index is 0.0947. The van der Waals surface area contributed by atoms with Crippen LogP contribution in [0.3, 0.4) is 0 Å². The number of aliphatic hydroxyl groups excluding tert-OH is 1. The fourth-order valence-corrected chi connectivity index (χ4v) is 2.82. The molecule has 0 amide bonds. The van der Waals surface area contributed by atoms with E-state index in [1.165, 1.54) is 12.1 Å². The van der Waals surface area contributed by atoms with Gasteiger partial charge in [0.25, 0.3) is 0 Å². The van der Waals surface area contributed by atoms with Gasteiger partial charge < -0.3 is 14.6 Å². The second kappa shape index (κ2) is 7.22. The first kappa shape index (κ1) is 16.2. The topological polar surface area (TPSA) is 92.7 Å². The average Bonchev–Trinajstić information content (AvgIpc) is 2.97. The molecule has 0 spiro atoms. The van der Waals surface area contributed by atoms with Crippen LogP contribution < -0.4 is 9.47 Å². The second-order valence-electron chi connectivity index (χ2n) is 3.99. The van der Waals surface area contributed by atoms with Crippen LogP contribution in [0.2, 0.25) is 0 Å². The molecule has 1 heterocycles. The molecule has 0 bridgehead atoms. The van der Waals surface area contributed by atoms with E-state index in [1.807, 2.05) is 0 Å². The van der Waals surface area contributed by atoms with Crippen LogP contribution in [0, 0.1) is 0 Å². The molecule has 0 aliphatic carbocycles. The molecule has 1 atom stereocenters. The van der Waals surface area contributed by atoms with Gasteiger partial charge in [0, 0.05) is 0 Å². The molecule has 1 aliphatic rings. The van der Waals surface area contributed by atoms with Gasteiger partial charge in [-0.1, -0.05) is 6.07 Å². The highest BCUT2D eigenvalue weighted by atomic mass is 31.2. The molecule has 0 saturated heterocycles. The van der Waals surface area contributed by atoms with Crippen LogP contribution in [-0.2, 0) is 23.7 Å². The SMILES string of the molecule is CCOOP(=O)(OOCC)C(O)c1ccc2c(c1)OCO2. The van der Waals surface area contributed by atoms with Crippen molar-refractivity contribution in [3.8, 4) is 11.5 Å². The Morgan fingerprint density at radius 1 is 1.19 bits per heavy atom. The molecule has 1 aromatic rings. The zero-order valence-corrected chi connectivity index (χ0v) is 12.6. The third-order valence-corrected chi connectivity index (χ3v) is 4.07. The maximum absolute atomic E-state index is 12.5. The summed E-state index contributed by atoms with van der Waals surface area (Å²) in [5.41, 5.74) is 0.266. The largest absolute Gasteiger partial charge is 0.454 e. The monoisotopic (exact) mass is 320 g/mol. The van der Waals surface area contributed by atoms with E-state index in [-0.39, 0.29) is 25.6 Å². The molecular formula is C12H17O8P. The van der Waals surface area contributed by atoms with Crippen LogP contribution in [0.4, 0.5) is 0 Å². The summed E-state index contributed by atoms with van der Waals surface area (Å²) in [5.74, 6) is -0.617. The normalized spacial score (nSPS) is 15.2. The minimum atomic E-state index is -4.08. The zero-order chi connectivity index (χ0) is 15.3. The van der Waals surface area contributed by atoms with Crippen molar-refractivity contribution in [2.24, 2.45) is 0 Å². The van der Waals surface area contributed by atoms with Crippen LogP contribution in [0.15, 0.2) is 18.2 Å². The van der Waals surface area contributed by atoms with Gasteiger partial charge in [0.15, 0.2) is 17.3 Å². The molecule has 21 heavy (non-hydrogen) atoms. The van der Waals surface area contributed by atoms with E-state index in [0.717, 1.165) is 0 Å². The van der Waals surface area contributed by atoms with E-state index in [4.69, 9.17) is 18.8 Å². The Morgan fingerprint density at radius 2 is 1.81 bits per heavy atom. The fraction of sp³-hybridized carbons (Fsp3) is 0.500. The van der Waals surface area contributed by atoms with Gasteiger partial charge in [-0.15, -0.1) is 9.35 Å². The first-order valence-electron chi connectivity index (χ1n) is 6.40. The fourth-order valence-electron chi connectivity index (χ4n) is 1.60. The number of hydrogen-bond donors (Lipinski definition) is 1. The number of ether oxygens (including phenoxy) is 2. The van der Waals surface area contributed by atoms with Crippen molar-refractivity contribution in [3.05, 3.63) is 23.8 Å². The molecule has 0 aromatic heterocycles. The van der Waals surface area contributed by atoms with Crippen LogP contribution in [0.1, 0.15) is 25.3 Å². The number of rotatable bonds is 8. The lowest BCUT2D eigenvalue weighted by molar-refractivity contribution is -0.268. The lowest BCUT2D eigenvalue weighted by Gasteiger charge is -2.20. The smallest absolute Gasteiger partial charge is 0.416 e. The highest BCUT2D eigenvalue weighted by Gasteiger charge is 2.39. The average molecular weight is 320 g/mol. The van der Waals surface area contributed by atoms with Gasteiger partial charge in [-0.3, -0.25) is 4.57 Å². The van der Waals surface area contributed by atoms with Gasteiger partial charge >= 0.3 is 7.60 Å². The van der Waals surface area contributed by atoms with Gasteiger partial charge in [0.2, 0.25) is 6.79 Å². The van der Waals surface area contributed by atoms with Crippen molar-refractivity contribution in [1.82, 2.24) is 0 Å². The molecule has 118 valence electrons. The van der Waals surface area contributed by atoms with Gasteiger partial charge in [0.05, 0.1) is 13.2 Å². The molecule has 0 radical (unpaired) electrons. The number of hydrogen-bond acceptors (Lipinski definition) is 8. The molecule has 0 fully saturated rings. The Kier molecular flexibility index (Phi) is 5.58. The third-order valence-electron chi connectivity index (χ3n) is 2.54. The Labute approximate surface area is 121 Å². The number of aliphatic hydroxyl groups is 1. The van der Waals surface area contributed by atoms with Gasteiger partial charge in [-0.05, 0) is 31.5 Å². The molecule has 1 aromatic carbocycles. The van der Waals surface area contributed by atoms with Gasteiger partial charge in [-0.25, -0.2) is 9.78 Å². The van der Waals surface area contributed by atoms with Crippen LogP contribution in [-0.4, -0.2) is 25.1 Å². The second-order valence-corrected chi connectivity index (χ2v) is 5.86. The van der Waals surface area contributed by atoms with Crippen LogP contribution >= 0.6 is 7.60 Å². The minimum Gasteiger partial charge on any atom is -0.454 e. The maximum atomic E-state index is 12.5. The lowest BCUT2D eigenvalue weighted by Crippen LogP contribution is -2.07. The van der Waals surface area contributed by atoms with Crippen molar-refractivity contribution in [3.63, 3.8) is 0 Å². The van der Waals surface area contributed by atoms with E-state index < -0.39 is 13.4 Å².